The van der Waals surface area contributed by atoms with Gasteiger partial charge in [-0.25, -0.2) is 8.42 Å². The van der Waals surface area contributed by atoms with E-state index in [0.717, 1.165) is 4.47 Å². The van der Waals surface area contributed by atoms with Crippen molar-refractivity contribution in [3.05, 3.63) is 53.0 Å². The third-order valence-corrected chi connectivity index (χ3v) is 7.69. The molecule has 2 N–H and O–H groups in total. The van der Waals surface area contributed by atoms with Crippen LogP contribution in [0, 0.1) is 0 Å². The lowest BCUT2D eigenvalue weighted by Gasteiger charge is -2.34. The number of carbonyl (C=O) groups is 1. The van der Waals surface area contributed by atoms with E-state index in [1.54, 1.807) is 58.9 Å². The summed E-state index contributed by atoms with van der Waals surface area (Å²) in [6, 6.07) is 12.0. The number of ether oxygens (including phenoxy) is 2. The van der Waals surface area contributed by atoms with Gasteiger partial charge in [-0.15, -0.1) is 0 Å². The molecule has 7 nitrogen and oxygen atoms in total. The number of thioether (sulfide) groups is 1. The molecule has 0 aliphatic carbocycles. The zero-order valence-corrected chi connectivity index (χ0v) is 22.5. The highest BCUT2D eigenvalue weighted by Gasteiger charge is 2.41. The maximum atomic E-state index is 13.1. The average molecular weight is 561 g/mol. The van der Waals surface area contributed by atoms with Gasteiger partial charge in [0.1, 0.15) is 23.1 Å². The third kappa shape index (κ3) is 8.60. The molecule has 0 spiro atoms. The average Bonchev–Trinajstić information content (AvgIpc) is 2.71. The van der Waals surface area contributed by atoms with Crippen molar-refractivity contribution in [1.82, 2.24) is 4.72 Å². The molecule has 2 aromatic rings. The van der Waals surface area contributed by atoms with E-state index in [1.165, 1.54) is 23.9 Å². The fourth-order valence-corrected chi connectivity index (χ4v) is 5.39. The molecule has 0 fully saturated rings. The largest absolute Gasteiger partial charge is 0.459 e. The summed E-state index contributed by atoms with van der Waals surface area (Å²) >= 11 is 4.64. The number of benzene rings is 2. The van der Waals surface area contributed by atoms with Crippen LogP contribution in [0.1, 0.15) is 34.6 Å². The lowest BCUT2D eigenvalue weighted by molar-refractivity contribution is -0.157. The van der Waals surface area contributed by atoms with E-state index in [1.807, 2.05) is 12.1 Å². The van der Waals surface area contributed by atoms with E-state index in [2.05, 4.69) is 20.7 Å². The molecule has 10 heteroatoms. The van der Waals surface area contributed by atoms with E-state index in [-0.39, 0.29) is 11.5 Å². The molecule has 33 heavy (non-hydrogen) atoms. The maximum absolute atomic E-state index is 13.1. The van der Waals surface area contributed by atoms with Crippen LogP contribution in [0.15, 0.2) is 57.9 Å². The SMILES string of the molecule is CC(C)(C)OC(=O)[C@H](NS(=O)(=O)c1ccc(Oc2ccc(Br)cc2)cc1)C(C)(C)SCCO. The van der Waals surface area contributed by atoms with Crippen molar-refractivity contribution in [2.24, 2.45) is 0 Å². The fraction of sp³-hybridized carbons (Fsp3) is 0.435. The Morgan fingerprint density at radius 1 is 1.03 bits per heavy atom. The molecule has 0 saturated carbocycles. The summed E-state index contributed by atoms with van der Waals surface area (Å²) in [5, 5.41) is 9.20. The molecule has 0 bridgehead atoms. The predicted octanol–water partition coefficient (Wildman–Crippen LogP) is 4.73. The van der Waals surface area contributed by atoms with Gasteiger partial charge in [0.15, 0.2) is 0 Å². The number of rotatable bonds is 10. The number of halogens is 1. The number of aliphatic hydroxyl groups is 1. The van der Waals surface area contributed by atoms with Gasteiger partial charge in [-0.1, -0.05) is 15.9 Å². The van der Waals surface area contributed by atoms with Gasteiger partial charge in [-0.3, -0.25) is 4.79 Å². The molecule has 0 heterocycles. The zero-order chi connectivity index (χ0) is 24.9. The van der Waals surface area contributed by atoms with Gasteiger partial charge in [-0.2, -0.15) is 16.5 Å². The standard InChI is InChI=1S/C23H30BrNO6S2/c1-22(2,3)31-21(27)20(23(4,5)32-15-14-26)25-33(28,29)19-12-10-18(11-13-19)30-17-8-6-16(24)7-9-17/h6-13,20,25-26H,14-15H2,1-5H3/t20-/m0/s1. The highest BCUT2D eigenvalue weighted by molar-refractivity contribution is 9.10. The molecule has 0 aromatic heterocycles. The Morgan fingerprint density at radius 3 is 2.03 bits per heavy atom. The van der Waals surface area contributed by atoms with Crippen molar-refractivity contribution in [3.63, 3.8) is 0 Å². The van der Waals surface area contributed by atoms with E-state index < -0.39 is 32.4 Å². The summed E-state index contributed by atoms with van der Waals surface area (Å²) in [7, 11) is -4.05. The third-order valence-electron chi connectivity index (χ3n) is 4.36. The van der Waals surface area contributed by atoms with Gasteiger partial charge in [-0.05, 0) is 83.1 Å². The summed E-state index contributed by atoms with van der Waals surface area (Å²) in [4.78, 5) is 12.9. The quantitative estimate of drug-likeness (QED) is 0.405. The first-order valence-electron chi connectivity index (χ1n) is 10.3. The predicted molar refractivity (Wildman–Crippen MR) is 134 cm³/mol. The Balaban J connectivity index is 2.25. The van der Waals surface area contributed by atoms with Crippen LogP contribution in [0.2, 0.25) is 0 Å². The monoisotopic (exact) mass is 559 g/mol. The number of nitrogens with one attached hydrogen (secondary N) is 1. The zero-order valence-electron chi connectivity index (χ0n) is 19.3. The van der Waals surface area contributed by atoms with Gasteiger partial charge in [0.25, 0.3) is 0 Å². The van der Waals surface area contributed by atoms with Crippen LogP contribution >= 0.6 is 27.7 Å². The van der Waals surface area contributed by atoms with Crippen LogP contribution in [-0.4, -0.2) is 48.2 Å². The number of aliphatic hydroxyl groups excluding tert-OH is 1. The molecule has 0 unspecified atom stereocenters. The van der Waals surface area contributed by atoms with Crippen LogP contribution in [-0.2, 0) is 19.6 Å². The molecule has 0 aliphatic heterocycles. The lowest BCUT2D eigenvalue weighted by atomic mass is 10.0. The smallest absolute Gasteiger partial charge is 0.326 e. The second-order valence-electron chi connectivity index (χ2n) is 8.79. The molecule has 0 saturated heterocycles. The van der Waals surface area contributed by atoms with Gasteiger partial charge >= 0.3 is 5.97 Å². The van der Waals surface area contributed by atoms with Crippen LogP contribution < -0.4 is 9.46 Å². The Hall–Kier alpha value is -1.59. The highest BCUT2D eigenvalue weighted by Crippen LogP contribution is 2.31. The molecular weight excluding hydrogens is 530 g/mol. The second-order valence-corrected chi connectivity index (χ2v) is 13.2. The normalized spacial score (nSPS) is 13.4. The van der Waals surface area contributed by atoms with E-state index in [4.69, 9.17) is 9.47 Å². The van der Waals surface area contributed by atoms with Crippen molar-refractivity contribution < 1.29 is 27.8 Å². The highest BCUT2D eigenvalue weighted by atomic mass is 79.9. The second kappa shape index (κ2) is 11.2. The summed E-state index contributed by atoms with van der Waals surface area (Å²) in [6.07, 6.45) is 0. The Bertz CT molecular complexity index is 1030. The molecule has 182 valence electrons. The Kier molecular flexibility index (Phi) is 9.41. The summed E-state index contributed by atoms with van der Waals surface area (Å²) in [5.74, 6) is 0.742. The molecule has 0 aliphatic rings. The molecule has 2 rings (SSSR count). The first-order valence-corrected chi connectivity index (χ1v) is 13.5. The van der Waals surface area contributed by atoms with Crippen molar-refractivity contribution in [2.75, 3.05) is 12.4 Å². The first kappa shape index (κ1) is 27.7. The minimum atomic E-state index is -4.05. The fourth-order valence-electron chi connectivity index (χ4n) is 2.78. The maximum Gasteiger partial charge on any atom is 0.326 e. The molecular formula is C23H30BrNO6S2. The van der Waals surface area contributed by atoms with E-state index in [9.17, 15) is 18.3 Å². The Labute approximate surface area is 208 Å². The van der Waals surface area contributed by atoms with Gasteiger partial charge in [0.05, 0.1) is 11.5 Å². The summed E-state index contributed by atoms with van der Waals surface area (Å²) in [6.45, 7) is 8.53. The number of sulfonamides is 1. The van der Waals surface area contributed by atoms with Crippen molar-refractivity contribution >= 4 is 43.7 Å². The molecule has 0 radical (unpaired) electrons. The molecule has 2 aromatic carbocycles. The molecule has 0 amide bonds. The van der Waals surface area contributed by atoms with Crippen LogP contribution in [0.3, 0.4) is 0 Å². The van der Waals surface area contributed by atoms with Crippen LogP contribution in [0.5, 0.6) is 11.5 Å². The van der Waals surface area contributed by atoms with Crippen molar-refractivity contribution in [1.29, 1.82) is 0 Å². The van der Waals surface area contributed by atoms with Gasteiger partial charge < -0.3 is 14.6 Å². The summed E-state index contributed by atoms with van der Waals surface area (Å²) in [5.41, 5.74) is -0.787. The number of esters is 1. The first-order chi connectivity index (χ1) is 15.2. The van der Waals surface area contributed by atoms with Crippen LogP contribution in [0.4, 0.5) is 0 Å². The Morgan fingerprint density at radius 2 is 1.55 bits per heavy atom. The minimum Gasteiger partial charge on any atom is -0.459 e. The van der Waals surface area contributed by atoms with Crippen molar-refractivity contribution in [2.45, 2.75) is 55.9 Å². The number of hydrogen-bond donors (Lipinski definition) is 2. The number of hydrogen-bond acceptors (Lipinski definition) is 7. The topological polar surface area (TPSA) is 102 Å². The van der Waals surface area contributed by atoms with Crippen molar-refractivity contribution in [3.8, 4) is 11.5 Å². The van der Waals surface area contributed by atoms with E-state index in [0.29, 0.717) is 17.3 Å². The summed E-state index contributed by atoms with van der Waals surface area (Å²) < 4.78 is 40.0. The number of carbonyl (C=O) groups excluding carboxylic acids is 1. The van der Waals surface area contributed by atoms with Gasteiger partial charge in [0, 0.05) is 15.0 Å². The van der Waals surface area contributed by atoms with Crippen LogP contribution in [0.25, 0.3) is 0 Å². The lowest BCUT2D eigenvalue weighted by Crippen LogP contribution is -2.54. The van der Waals surface area contributed by atoms with Gasteiger partial charge in [0.2, 0.25) is 10.0 Å². The van der Waals surface area contributed by atoms with E-state index >= 15 is 0 Å². The molecule has 1 atom stereocenters. The minimum absolute atomic E-state index is 0.0119.